The molecule has 1 saturated carbocycles. The average Bonchev–Trinajstić information content (AvgIpc) is 3.27. The lowest BCUT2D eigenvalue weighted by Crippen LogP contribution is -2.32. The molecule has 1 aromatic heterocycles. The number of aliphatic imine (C=N–C) groups is 1. The fourth-order valence-electron chi connectivity index (χ4n) is 3.41. The van der Waals surface area contributed by atoms with E-state index in [1.165, 1.54) is 44.9 Å². The largest absolute Gasteiger partial charge is 0.370 e. The minimum absolute atomic E-state index is 0.568. The Kier molecular flexibility index (Phi) is 9.15. The van der Waals surface area contributed by atoms with Gasteiger partial charge in [-0.3, -0.25) is 4.99 Å². The number of nitrogens with one attached hydrogen (secondary N) is 1. The lowest BCUT2D eigenvalue weighted by Gasteiger charge is -2.16. The lowest BCUT2D eigenvalue weighted by molar-refractivity contribution is 0.461. The van der Waals surface area contributed by atoms with Crippen molar-refractivity contribution in [1.29, 1.82) is 0 Å². The first-order chi connectivity index (χ1) is 12.3. The fourth-order valence-corrected chi connectivity index (χ4v) is 3.98. The number of rotatable bonds is 11. The van der Waals surface area contributed by atoms with Crippen LogP contribution in [0, 0.1) is 0 Å². The molecule has 7 heteroatoms. The van der Waals surface area contributed by atoms with E-state index >= 15 is 0 Å². The summed E-state index contributed by atoms with van der Waals surface area (Å²) in [5.41, 5.74) is 5.93. The van der Waals surface area contributed by atoms with Gasteiger partial charge in [0.05, 0.1) is 0 Å². The average molecular weight is 367 g/mol. The molecule has 0 unspecified atom stereocenters. The second-order valence-electron chi connectivity index (χ2n) is 6.77. The van der Waals surface area contributed by atoms with E-state index < -0.39 is 0 Å². The third-order valence-electron chi connectivity index (χ3n) is 4.78. The van der Waals surface area contributed by atoms with Gasteiger partial charge in [-0.1, -0.05) is 50.8 Å². The van der Waals surface area contributed by atoms with Crippen molar-refractivity contribution in [2.75, 3.05) is 19.3 Å². The van der Waals surface area contributed by atoms with Crippen molar-refractivity contribution < 1.29 is 0 Å². The van der Waals surface area contributed by atoms with Gasteiger partial charge in [-0.25, -0.2) is 0 Å². The molecule has 3 N–H and O–H groups in total. The van der Waals surface area contributed by atoms with Crippen LogP contribution in [0.5, 0.6) is 0 Å². The Hall–Kier alpha value is -1.24. The summed E-state index contributed by atoms with van der Waals surface area (Å²) in [5, 5.41) is 13.0. The molecule has 25 heavy (non-hydrogen) atoms. The number of unbranched alkanes of at least 4 members (excludes halogenated alkanes) is 3. The number of nitrogens with zero attached hydrogens (tertiary/aromatic N) is 4. The van der Waals surface area contributed by atoms with E-state index in [-0.39, 0.29) is 0 Å². The van der Waals surface area contributed by atoms with Gasteiger partial charge in [-0.15, -0.1) is 10.2 Å². The van der Waals surface area contributed by atoms with Crippen LogP contribution in [0.3, 0.4) is 0 Å². The lowest BCUT2D eigenvalue weighted by atomic mass is 10.2. The molecule has 2 rings (SSSR count). The number of hydrogen-bond donors (Lipinski definition) is 2. The van der Waals surface area contributed by atoms with Gasteiger partial charge in [-0.05, 0) is 31.9 Å². The molecule has 0 aliphatic heterocycles. The van der Waals surface area contributed by atoms with Crippen molar-refractivity contribution in [3.8, 4) is 0 Å². The fraction of sp³-hybridized carbons (Fsp3) is 0.833. The van der Waals surface area contributed by atoms with Gasteiger partial charge in [0.25, 0.3) is 0 Å². The monoisotopic (exact) mass is 366 g/mol. The van der Waals surface area contributed by atoms with Crippen LogP contribution >= 0.6 is 11.8 Å². The van der Waals surface area contributed by atoms with Crippen LogP contribution in [0.1, 0.15) is 76.6 Å². The van der Waals surface area contributed by atoms with Gasteiger partial charge in [0.2, 0.25) is 0 Å². The molecule has 1 aliphatic carbocycles. The normalized spacial score (nSPS) is 15.8. The van der Waals surface area contributed by atoms with Crippen LogP contribution in [0.2, 0.25) is 0 Å². The zero-order valence-electron chi connectivity index (χ0n) is 15.8. The number of hydrogen-bond acceptors (Lipinski definition) is 4. The van der Waals surface area contributed by atoms with E-state index in [0.717, 1.165) is 43.3 Å². The van der Waals surface area contributed by atoms with Crippen LogP contribution in [0.25, 0.3) is 0 Å². The highest BCUT2D eigenvalue weighted by Gasteiger charge is 2.23. The number of aryl methyl sites for hydroxylation is 1. The molecule has 1 fully saturated rings. The summed E-state index contributed by atoms with van der Waals surface area (Å²) in [4.78, 5) is 4.43. The second kappa shape index (κ2) is 11.4. The maximum Gasteiger partial charge on any atom is 0.191 e. The number of nitrogens with two attached hydrogens (primary N) is 1. The molecular formula is C18H34N6S. The second-order valence-corrected chi connectivity index (χ2v) is 7.54. The minimum Gasteiger partial charge on any atom is -0.370 e. The van der Waals surface area contributed by atoms with E-state index in [2.05, 4.69) is 38.3 Å². The highest BCUT2D eigenvalue weighted by Crippen LogP contribution is 2.33. The molecule has 0 aromatic carbocycles. The minimum atomic E-state index is 0.568. The third-order valence-corrected chi connectivity index (χ3v) is 5.43. The van der Waals surface area contributed by atoms with Gasteiger partial charge < -0.3 is 15.6 Å². The SMILES string of the molecule is CCCCCCNC(N)=NCCCc1nnc(SC)n1C1CCCC1. The number of thioether (sulfide) groups is 1. The first-order valence-corrected chi connectivity index (χ1v) is 11.0. The van der Waals surface area contributed by atoms with Gasteiger partial charge in [0, 0.05) is 25.6 Å². The Morgan fingerprint density at radius 3 is 2.76 bits per heavy atom. The van der Waals surface area contributed by atoms with Crippen LogP contribution in [-0.2, 0) is 6.42 Å². The summed E-state index contributed by atoms with van der Waals surface area (Å²) < 4.78 is 2.37. The van der Waals surface area contributed by atoms with Gasteiger partial charge in [-0.2, -0.15) is 0 Å². The molecule has 0 radical (unpaired) electrons. The molecule has 0 bridgehead atoms. The van der Waals surface area contributed by atoms with Gasteiger partial charge >= 0.3 is 0 Å². The molecule has 0 spiro atoms. The summed E-state index contributed by atoms with van der Waals surface area (Å²) >= 11 is 1.69. The predicted molar refractivity (Wildman–Crippen MR) is 106 cm³/mol. The number of guanidine groups is 1. The molecule has 0 atom stereocenters. The topological polar surface area (TPSA) is 81.1 Å². The molecule has 1 aliphatic rings. The summed E-state index contributed by atoms with van der Waals surface area (Å²) in [7, 11) is 0. The first-order valence-electron chi connectivity index (χ1n) is 9.77. The summed E-state index contributed by atoms with van der Waals surface area (Å²) in [6, 6.07) is 0.589. The Labute approximate surface area is 156 Å². The van der Waals surface area contributed by atoms with E-state index in [4.69, 9.17) is 5.73 Å². The molecule has 1 heterocycles. The highest BCUT2D eigenvalue weighted by atomic mass is 32.2. The third kappa shape index (κ3) is 6.53. The standard InChI is InChI=1S/C18H34N6S/c1-3-4-5-8-13-20-17(19)21-14-9-12-16-22-23-18(25-2)24(16)15-10-6-7-11-15/h15H,3-14H2,1-2H3,(H3,19,20,21). The predicted octanol–water partition coefficient (Wildman–Crippen LogP) is 3.53. The Balaban J connectivity index is 1.74. The van der Waals surface area contributed by atoms with Crippen molar-refractivity contribution in [3.05, 3.63) is 5.82 Å². The van der Waals surface area contributed by atoms with Crippen LogP contribution in [-0.4, -0.2) is 40.1 Å². The molecule has 6 nitrogen and oxygen atoms in total. The maximum absolute atomic E-state index is 5.93. The Morgan fingerprint density at radius 2 is 2.04 bits per heavy atom. The van der Waals surface area contributed by atoms with Crippen molar-refractivity contribution >= 4 is 17.7 Å². The van der Waals surface area contributed by atoms with E-state index in [1.807, 2.05) is 0 Å². The molecular weight excluding hydrogens is 332 g/mol. The zero-order chi connectivity index (χ0) is 17.9. The van der Waals surface area contributed by atoms with Crippen molar-refractivity contribution in [1.82, 2.24) is 20.1 Å². The van der Waals surface area contributed by atoms with Crippen LogP contribution < -0.4 is 11.1 Å². The highest BCUT2D eigenvalue weighted by molar-refractivity contribution is 7.98. The van der Waals surface area contributed by atoms with Gasteiger partial charge in [0.1, 0.15) is 5.82 Å². The summed E-state index contributed by atoms with van der Waals surface area (Å²) in [6.07, 6.45) is 14.1. The van der Waals surface area contributed by atoms with E-state index in [1.54, 1.807) is 11.8 Å². The van der Waals surface area contributed by atoms with E-state index in [0.29, 0.717) is 12.0 Å². The Morgan fingerprint density at radius 1 is 1.24 bits per heavy atom. The van der Waals surface area contributed by atoms with Gasteiger partial charge in [0.15, 0.2) is 11.1 Å². The summed E-state index contributed by atoms with van der Waals surface area (Å²) in [5.74, 6) is 1.68. The zero-order valence-corrected chi connectivity index (χ0v) is 16.7. The molecule has 1 aromatic rings. The summed E-state index contributed by atoms with van der Waals surface area (Å²) in [6.45, 7) is 3.88. The van der Waals surface area contributed by atoms with E-state index in [9.17, 15) is 0 Å². The van der Waals surface area contributed by atoms with Crippen LogP contribution in [0.4, 0.5) is 0 Å². The molecule has 0 amide bonds. The first kappa shape index (κ1) is 20.1. The number of aromatic nitrogens is 3. The van der Waals surface area contributed by atoms with Crippen LogP contribution in [0.15, 0.2) is 10.1 Å². The van der Waals surface area contributed by atoms with Crippen molar-refractivity contribution in [2.24, 2.45) is 10.7 Å². The maximum atomic E-state index is 5.93. The quantitative estimate of drug-likeness (QED) is 0.271. The molecule has 142 valence electrons. The Bertz CT molecular complexity index is 522. The molecule has 0 saturated heterocycles. The van der Waals surface area contributed by atoms with Crippen molar-refractivity contribution in [2.45, 2.75) is 82.3 Å². The smallest absolute Gasteiger partial charge is 0.191 e. The van der Waals surface area contributed by atoms with Crippen molar-refractivity contribution in [3.63, 3.8) is 0 Å².